The maximum absolute atomic E-state index is 14.5. The second kappa shape index (κ2) is 14.8. The Hall–Kier alpha value is -1.87. The van der Waals surface area contributed by atoms with Crippen molar-refractivity contribution in [2.24, 2.45) is 17.8 Å². The van der Waals surface area contributed by atoms with Crippen molar-refractivity contribution in [3.63, 3.8) is 0 Å². The molecule has 4 aliphatic heterocycles. The highest BCUT2D eigenvalue weighted by Gasteiger charge is 2.51. The first-order valence-corrected chi connectivity index (χ1v) is 19.2. The van der Waals surface area contributed by atoms with Crippen LogP contribution < -0.4 is 5.32 Å². The van der Waals surface area contributed by atoms with Crippen LogP contribution in [0.3, 0.4) is 0 Å². The number of nitrogens with zero attached hydrogens (tertiary/aromatic N) is 6. The number of hydroxylamine groups is 6. The number of nitrogens with one attached hydrogen (secondary N) is 1. The van der Waals surface area contributed by atoms with Crippen molar-refractivity contribution in [1.29, 1.82) is 0 Å². The summed E-state index contributed by atoms with van der Waals surface area (Å²) in [6.07, 6.45) is 2.66. The van der Waals surface area contributed by atoms with E-state index in [0.29, 0.717) is 90.9 Å². The lowest BCUT2D eigenvalue weighted by atomic mass is 9.74. The molecule has 4 fully saturated rings. The summed E-state index contributed by atoms with van der Waals surface area (Å²) in [7, 11) is 0. The lowest BCUT2D eigenvalue weighted by Crippen LogP contribution is -2.61. The third kappa shape index (κ3) is 9.09. The zero-order chi connectivity index (χ0) is 38.5. The van der Waals surface area contributed by atoms with Crippen LogP contribution in [-0.2, 0) is 30.0 Å². The van der Waals surface area contributed by atoms with Crippen LogP contribution in [0.25, 0.3) is 0 Å². The van der Waals surface area contributed by atoms with Gasteiger partial charge in [0.25, 0.3) is 0 Å². The monoisotopic (exact) mass is 719 g/mol. The number of hydrogen-bond donors (Lipinski definition) is 1. The highest BCUT2D eigenvalue weighted by atomic mass is 16.5. The van der Waals surface area contributed by atoms with Gasteiger partial charge in [0.15, 0.2) is 0 Å². The van der Waals surface area contributed by atoms with E-state index in [0.717, 1.165) is 15.2 Å². The second-order valence-electron chi connectivity index (χ2n) is 19.8. The molecule has 1 N–H and O–H groups in total. The van der Waals surface area contributed by atoms with Crippen LogP contribution in [0.1, 0.15) is 122 Å². The Morgan fingerprint density at radius 3 is 0.804 bits per heavy atom. The van der Waals surface area contributed by atoms with Crippen LogP contribution in [0, 0.1) is 17.8 Å². The molecule has 0 atom stereocenters. The molecule has 0 bridgehead atoms. The molecule has 51 heavy (non-hydrogen) atoms. The molecule has 291 valence electrons. The minimum absolute atomic E-state index is 0.00388. The minimum Gasteiger partial charge on any atom is -0.339 e. The average molecular weight is 719 g/mol. The molecule has 3 amide bonds. The third-order valence-corrected chi connectivity index (χ3v) is 12.2. The van der Waals surface area contributed by atoms with Gasteiger partial charge in [0.05, 0.1) is 0 Å². The minimum atomic E-state index is -0.726. The van der Waals surface area contributed by atoms with Gasteiger partial charge in [0, 0.05) is 103 Å². The van der Waals surface area contributed by atoms with Crippen LogP contribution in [0.4, 0.5) is 0 Å². The van der Waals surface area contributed by atoms with Crippen LogP contribution in [0.5, 0.6) is 0 Å². The molecule has 13 heteroatoms. The fourth-order valence-corrected chi connectivity index (χ4v) is 10.1. The van der Waals surface area contributed by atoms with Crippen molar-refractivity contribution in [1.82, 2.24) is 35.2 Å². The van der Waals surface area contributed by atoms with Gasteiger partial charge in [-0.05, 0) is 122 Å². The number of hydrogen-bond acceptors (Lipinski definition) is 7. The predicted octanol–water partition coefficient (Wildman–Crippen LogP) is 3.92. The summed E-state index contributed by atoms with van der Waals surface area (Å²) in [5.74, 6) is -1.06. The van der Waals surface area contributed by atoms with Gasteiger partial charge in [-0.15, -0.1) is 30.8 Å². The molecule has 4 aliphatic rings. The van der Waals surface area contributed by atoms with E-state index >= 15 is 0 Å². The lowest BCUT2D eigenvalue weighted by molar-refractivity contribution is -0.293. The maximum atomic E-state index is 14.5. The maximum Gasteiger partial charge on any atom is 0.225 e. The van der Waals surface area contributed by atoms with Gasteiger partial charge in [-0.2, -0.15) is 0 Å². The van der Waals surface area contributed by atoms with E-state index in [2.05, 4.69) is 5.32 Å². The summed E-state index contributed by atoms with van der Waals surface area (Å²) in [6.45, 7) is 25.9. The number of piperidine rings is 3. The van der Waals surface area contributed by atoms with E-state index in [1.807, 2.05) is 97.8 Å². The van der Waals surface area contributed by atoms with Crippen molar-refractivity contribution in [3.8, 4) is 0 Å². The molecule has 4 rings (SSSR count). The molecule has 3 radical (unpaired) electrons. The number of carbonyl (C=O) groups excluding carboxylic acids is 3. The van der Waals surface area contributed by atoms with Crippen molar-refractivity contribution in [2.75, 3.05) is 52.4 Å². The normalized spacial score (nSPS) is 28.9. The van der Waals surface area contributed by atoms with E-state index < -0.39 is 33.2 Å². The van der Waals surface area contributed by atoms with E-state index in [9.17, 15) is 30.0 Å². The van der Waals surface area contributed by atoms with Gasteiger partial charge in [-0.25, -0.2) is 0 Å². The van der Waals surface area contributed by atoms with Crippen LogP contribution in [0.2, 0.25) is 0 Å². The fourth-order valence-electron chi connectivity index (χ4n) is 10.1. The standard InChI is InChI=1S/C38H68N7O6/c1-33(2)21-27(22-34(3,4)43(33)49)30(46)40-15-13-39-14-16-41(31(47)28-23-35(5,6)44(50)36(7,8)24-28)18-20-42(19-17-40)32(48)29-25-37(9,10)45(51)38(11,12)26-29/h27-29,39H,13-26H2,1-12H3. The molecule has 0 aromatic rings. The Morgan fingerprint density at radius 1 is 0.392 bits per heavy atom. The smallest absolute Gasteiger partial charge is 0.225 e. The first kappa shape index (κ1) is 41.9. The molecule has 0 saturated carbocycles. The molecule has 0 aliphatic carbocycles. The van der Waals surface area contributed by atoms with Crippen LogP contribution in [0.15, 0.2) is 0 Å². The Labute approximate surface area is 307 Å². The molecular weight excluding hydrogens is 650 g/mol. The Morgan fingerprint density at radius 2 is 0.588 bits per heavy atom. The highest BCUT2D eigenvalue weighted by molar-refractivity contribution is 5.81. The molecular formula is C38H68N7O6. The number of amides is 3. The number of rotatable bonds is 3. The quantitative estimate of drug-likeness (QED) is 0.466. The van der Waals surface area contributed by atoms with E-state index in [1.165, 1.54) is 0 Å². The predicted molar refractivity (Wildman–Crippen MR) is 193 cm³/mol. The Kier molecular flexibility index (Phi) is 12.1. The fraction of sp³-hybridized carbons (Fsp3) is 0.921. The summed E-state index contributed by atoms with van der Waals surface area (Å²) in [6, 6.07) is 0. The van der Waals surface area contributed by atoms with Gasteiger partial charge >= 0.3 is 0 Å². The zero-order valence-corrected chi connectivity index (χ0v) is 33.8. The Bertz CT molecular complexity index is 1160. The molecule has 0 unspecified atom stereocenters. The highest BCUT2D eigenvalue weighted by Crippen LogP contribution is 2.43. The van der Waals surface area contributed by atoms with Crippen molar-refractivity contribution < 1.29 is 30.0 Å². The van der Waals surface area contributed by atoms with Gasteiger partial charge in [0.2, 0.25) is 17.7 Å². The van der Waals surface area contributed by atoms with Gasteiger partial charge < -0.3 is 20.0 Å². The van der Waals surface area contributed by atoms with Gasteiger partial charge in [-0.3, -0.25) is 14.4 Å². The topological polar surface area (TPSA) is 142 Å². The summed E-state index contributed by atoms with van der Waals surface area (Å²) in [5.41, 5.74) is -4.19. The summed E-state index contributed by atoms with van der Waals surface area (Å²) < 4.78 is 0. The molecule has 0 aromatic carbocycles. The van der Waals surface area contributed by atoms with E-state index in [-0.39, 0.29) is 35.5 Å². The summed E-state index contributed by atoms with van der Waals surface area (Å²) in [4.78, 5) is 48.5. The first-order chi connectivity index (χ1) is 23.2. The van der Waals surface area contributed by atoms with Crippen molar-refractivity contribution >= 4 is 17.7 Å². The van der Waals surface area contributed by atoms with Gasteiger partial charge in [-0.1, -0.05) is 0 Å². The summed E-state index contributed by atoms with van der Waals surface area (Å²) in [5, 5.41) is 46.2. The molecule has 0 spiro atoms. The second-order valence-corrected chi connectivity index (χ2v) is 19.8. The van der Waals surface area contributed by atoms with Crippen molar-refractivity contribution in [3.05, 3.63) is 0 Å². The average Bonchev–Trinajstić information content (AvgIpc) is 2.99. The largest absolute Gasteiger partial charge is 0.339 e. The van der Waals surface area contributed by atoms with Crippen LogP contribution >= 0.6 is 0 Å². The number of carbonyl (C=O) groups is 3. The third-order valence-electron chi connectivity index (χ3n) is 12.2. The SMILES string of the molecule is CC1(C)CC(C(=O)N2CCNCCN(C(=O)C3CC(C)(C)N([O])C(C)(C)C3)CCN(C(=O)C3CC(C)(C)N([O])C(C)(C)C3)CC2)CC(C)(C)N1[O]. The lowest BCUT2D eigenvalue weighted by Gasteiger charge is -2.50. The van der Waals surface area contributed by atoms with E-state index in [1.54, 1.807) is 0 Å². The summed E-state index contributed by atoms with van der Waals surface area (Å²) >= 11 is 0. The zero-order valence-electron chi connectivity index (χ0n) is 33.8. The molecule has 4 heterocycles. The van der Waals surface area contributed by atoms with E-state index in [4.69, 9.17) is 0 Å². The first-order valence-electron chi connectivity index (χ1n) is 19.2. The van der Waals surface area contributed by atoms with Crippen molar-refractivity contribution in [2.45, 2.75) is 155 Å². The van der Waals surface area contributed by atoms with Crippen LogP contribution in [-0.4, -0.2) is 133 Å². The molecule has 0 aromatic heterocycles. The van der Waals surface area contributed by atoms with Gasteiger partial charge in [0.1, 0.15) is 0 Å². The molecule has 4 saturated heterocycles. The molecule has 13 nitrogen and oxygen atoms in total. The Balaban J connectivity index is 1.59.